The molecule has 0 aliphatic rings. The number of hydrogen-bond donors (Lipinski definition) is 5. The van der Waals surface area contributed by atoms with Crippen molar-refractivity contribution in [3.8, 4) is 5.75 Å². The summed E-state index contributed by atoms with van der Waals surface area (Å²) in [5.41, 5.74) is 3.06. The van der Waals surface area contributed by atoms with Crippen molar-refractivity contribution in [2.24, 2.45) is 5.14 Å². The second kappa shape index (κ2) is 16.5. The summed E-state index contributed by atoms with van der Waals surface area (Å²) in [7, 11) is -3.61. The van der Waals surface area contributed by atoms with Crippen molar-refractivity contribution in [3.63, 3.8) is 0 Å². The van der Waals surface area contributed by atoms with Gasteiger partial charge in [0, 0.05) is 30.7 Å². The molecule has 0 saturated carbocycles. The lowest BCUT2D eigenvalue weighted by atomic mass is 10.1. The topological polar surface area (TPSA) is 142 Å². The van der Waals surface area contributed by atoms with Gasteiger partial charge in [-0.25, -0.2) is 13.6 Å². The molecule has 0 aliphatic carbocycles. The van der Waals surface area contributed by atoms with Gasteiger partial charge in [0.25, 0.3) is 0 Å². The summed E-state index contributed by atoms with van der Waals surface area (Å²) >= 11 is 0. The van der Waals surface area contributed by atoms with Crippen LogP contribution in [0.2, 0.25) is 0 Å². The Balaban J connectivity index is 1.44. The molecule has 0 bridgehead atoms. The van der Waals surface area contributed by atoms with Crippen molar-refractivity contribution in [3.05, 3.63) is 70.1 Å². The minimum absolute atomic E-state index is 0.0332. The van der Waals surface area contributed by atoms with Crippen LogP contribution in [0.1, 0.15) is 66.9 Å². The maximum Gasteiger partial charge on any atom is 0.231 e. The standard InChI is InChI=1S/C27H40N2O6S/c28-36(33,34)17-13-23-10-7-9-22(18-23)8-3-6-16-35-15-5-2-1-4-14-29-20-27(32)24-11-12-26(31)25(19-24)21-30/h7,9-13,17-19,27,29-32H,1-6,8,14-16,20-21H2,(H2,28,33,34)/b17-13+/t27-/m0/s1. The van der Waals surface area contributed by atoms with E-state index in [0.717, 1.165) is 81.2 Å². The number of benzene rings is 2. The van der Waals surface area contributed by atoms with Gasteiger partial charge in [0.1, 0.15) is 5.75 Å². The molecule has 2 rings (SSSR count). The number of sulfonamides is 1. The molecule has 0 aromatic heterocycles. The predicted molar refractivity (Wildman–Crippen MR) is 143 cm³/mol. The molecule has 0 fully saturated rings. The Hall–Kier alpha value is -2.27. The number of aromatic hydroxyl groups is 1. The van der Waals surface area contributed by atoms with E-state index in [1.54, 1.807) is 12.1 Å². The van der Waals surface area contributed by atoms with Crippen LogP contribution in [0.4, 0.5) is 0 Å². The predicted octanol–water partition coefficient (Wildman–Crippen LogP) is 3.37. The van der Waals surface area contributed by atoms with Crippen LogP contribution in [-0.4, -0.2) is 50.0 Å². The number of ether oxygens (including phenoxy) is 1. The minimum atomic E-state index is -3.61. The van der Waals surface area contributed by atoms with E-state index in [9.17, 15) is 23.7 Å². The fraction of sp³-hybridized carbons (Fsp3) is 0.481. The SMILES string of the molecule is NS(=O)(=O)/C=C/c1cccc(CCCCOCCCCCCNC[C@H](O)c2ccc(O)c(CO)c2)c1. The first-order valence-electron chi connectivity index (χ1n) is 12.5. The van der Waals surface area contributed by atoms with Crippen LogP contribution in [0.3, 0.4) is 0 Å². The summed E-state index contributed by atoms with van der Waals surface area (Å²) in [5, 5.41) is 38.3. The van der Waals surface area contributed by atoms with Crippen LogP contribution in [0.25, 0.3) is 6.08 Å². The molecule has 0 unspecified atom stereocenters. The number of primary sulfonamides is 1. The molecule has 1 atom stereocenters. The van der Waals surface area contributed by atoms with Gasteiger partial charge in [-0.3, -0.25) is 0 Å². The molecule has 0 aliphatic heterocycles. The van der Waals surface area contributed by atoms with Gasteiger partial charge in [-0.15, -0.1) is 0 Å². The Kier molecular flexibility index (Phi) is 13.7. The Morgan fingerprint density at radius 3 is 2.50 bits per heavy atom. The molecule has 0 amide bonds. The molecular formula is C27H40N2O6S. The smallest absolute Gasteiger partial charge is 0.231 e. The highest BCUT2D eigenvalue weighted by Crippen LogP contribution is 2.22. The quantitative estimate of drug-likeness (QED) is 0.190. The van der Waals surface area contributed by atoms with Crippen LogP contribution in [0, 0.1) is 0 Å². The van der Waals surface area contributed by atoms with Gasteiger partial charge >= 0.3 is 0 Å². The van der Waals surface area contributed by atoms with E-state index >= 15 is 0 Å². The molecule has 8 nitrogen and oxygen atoms in total. The van der Waals surface area contributed by atoms with Crippen molar-refractivity contribution < 1.29 is 28.5 Å². The summed E-state index contributed by atoms with van der Waals surface area (Å²) in [6, 6.07) is 12.5. The average molecular weight is 521 g/mol. The highest BCUT2D eigenvalue weighted by atomic mass is 32.2. The number of phenols is 1. The van der Waals surface area contributed by atoms with Gasteiger partial charge in [0.15, 0.2) is 0 Å². The molecule has 0 saturated heterocycles. The molecule has 200 valence electrons. The first kappa shape index (κ1) is 30.0. The third kappa shape index (κ3) is 12.6. The van der Waals surface area contributed by atoms with Gasteiger partial charge in [-0.1, -0.05) is 43.2 Å². The highest BCUT2D eigenvalue weighted by Gasteiger charge is 2.09. The van der Waals surface area contributed by atoms with Crippen molar-refractivity contribution in [1.29, 1.82) is 0 Å². The van der Waals surface area contributed by atoms with Crippen LogP contribution < -0.4 is 10.5 Å². The highest BCUT2D eigenvalue weighted by molar-refractivity contribution is 7.92. The summed E-state index contributed by atoms with van der Waals surface area (Å²) < 4.78 is 27.8. The second-order valence-corrected chi connectivity index (χ2v) is 10.3. The van der Waals surface area contributed by atoms with E-state index < -0.39 is 16.1 Å². The largest absolute Gasteiger partial charge is 0.508 e. The minimum Gasteiger partial charge on any atom is -0.508 e. The number of rotatable bonds is 18. The molecule has 2 aromatic rings. The summed E-state index contributed by atoms with van der Waals surface area (Å²) in [4.78, 5) is 0. The molecule has 0 radical (unpaired) electrons. The second-order valence-electron chi connectivity index (χ2n) is 8.89. The summed E-state index contributed by atoms with van der Waals surface area (Å²) in [6.45, 7) is 2.48. The number of aliphatic hydroxyl groups excluding tert-OH is 2. The third-order valence-electron chi connectivity index (χ3n) is 5.79. The number of nitrogens with two attached hydrogens (primary N) is 1. The average Bonchev–Trinajstić information content (AvgIpc) is 2.85. The first-order chi connectivity index (χ1) is 17.3. The normalized spacial score (nSPS) is 12.9. The lowest BCUT2D eigenvalue weighted by Gasteiger charge is -2.14. The Morgan fingerprint density at radius 1 is 1.00 bits per heavy atom. The molecule has 2 aromatic carbocycles. The molecule has 36 heavy (non-hydrogen) atoms. The Bertz CT molecular complexity index is 1040. The van der Waals surface area contributed by atoms with Gasteiger partial charge in [-0.2, -0.15) is 0 Å². The van der Waals surface area contributed by atoms with E-state index in [-0.39, 0.29) is 12.4 Å². The van der Waals surface area contributed by atoms with E-state index in [4.69, 9.17) is 9.88 Å². The zero-order valence-corrected chi connectivity index (χ0v) is 21.6. The van der Waals surface area contributed by atoms with Gasteiger partial charge < -0.3 is 25.4 Å². The van der Waals surface area contributed by atoms with Gasteiger partial charge in [-0.05, 0) is 73.5 Å². The molecule has 0 heterocycles. The fourth-order valence-corrected chi connectivity index (χ4v) is 4.11. The fourth-order valence-electron chi connectivity index (χ4n) is 3.76. The number of nitrogens with one attached hydrogen (secondary N) is 1. The zero-order valence-electron chi connectivity index (χ0n) is 20.8. The lowest BCUT2D eigenvalue weighted by molar-refractivity contribution is 0.126. The van der Waals surface area contributed by atoms with Gasteiger partial charge in [0.2, 0.25) is 10.0 Å². The van der Waals surface area contributed by atoms with Crippen LogP contribution in [0.15, 0.2) is 47.9 Å². The van der Waals surface area contributed by atoms with Crippen molar-refractivity contribution >= 4 is 16.1 Å². The van der Waals surface area contributed by atoms with Crippen LogP contribution in [-0.2, 0) is 27.8 Å². The molecule has 6 N–H and O–H groups in total. The third-order valence-corrected chi connectivity index (χ3v) is 6.31. The number of unbranched alkanes of at least 4 members (excludes halogenated alkanes) is 4. The van der Waals surface area contributed by atoms with Crippen molar-refractivity contribution in [2.45, 2.75) is 57.7 Å². The maximum absolute atomic E-state index is 11.0. The summed E-state index contributed by atoms with van der Waals surface area (Å²) in [5.74, 6) is 0.0332. The van der Waals surface area contributed by atoms with Gasteiger partial charge in [0.05, 0.1) is 12.7 Å². The number of hydrogen-bond acceptors (Lipinski definition) is 7. The maximum atomic E-state index is 11.0. The van der Waals surface area contributed by atoms with Crippen molar-refractivity contribution in [1.82, 2.24) is 5.32 Å². The zero-order chi connectivity index (χ0) is 26.2. The Morgan fingerprint density at radius 2 is 1.75 bits per heavy atom. The molecule has 9 heteroatoms. The van der Waals surface area contributed by atoms with E-state index in [2.05, 4.69) is 5.32 Å². The van der Waals surface area contributed by atoms with Crippen molar-refractivity contribution in [2.75, 3.05) is 26.3 Å². The number of aliphatic hydroxyl groups is 2. The monoisotopic (exact) mass is 520 g/mol. The molecular weight excluding hydrogens is 480 g/mol. The number of aryl methyl sites for hydroxylation is 1. The summed E-state index contributed by atoms with van der Waals surface area (Å²) in [6.07, 6.45) is 7.96. The molecule has 0 spiro atoms. The van der Waals surface area contributed by atoms with E-state index in [1.165, 1.54) is 12.1 Å². The van der Waals surface area contributed by atoms with E-state index in [1.807, 2.05) is 24.3 Å². The van der Waals surface area contributed by atoms with Crippen LogP contribution in [0.5, 0.6) is 5.75 Å². The van der Waals surface area contributed by atoms with Crippen LogP contribution >= 0.6 is 0 Å². The van der Waals surface area contributed by atoms with E-state index in [0.29, 0.717) is 17.7 Å². The lowest BCUT2D eigenvalue weighted by Crippen LogP contribution is -2.22. The Labute approximate surface area is 214 Å². The first-order valence-corrected chi connectivity index (χ1v) is 14.1.